The zero-order valence-corrected chi connectivity index (χ0v) is 12.4. The number of hydrogen-bond donors (Lipinski definition) is 2. The Hall–Kier alpha value is -0.0800. The second-order valence-electron chi connectivity index (χ2n) is 5.53. The van der Waals surface area contributed by atoms with Gasteiger partial charge in [0.1, 0.15) is 0 Å². The summed E-state index contributed by atoms with van der Waals surface area (Å²) in [5, 5.41) is 18.0. The number of rotatable bonds is 14. The maximum absolute atomic E-state index is 9.33. The molecule has 0 saturated heterocycles. The normalized spacial score (nSPS) is 12.8. The number of unbranched alkanes of at least 4 members (excludes halogenated alkanes) is 8. The van der Waals surface area contributed by atoms with E-state index in [1.807, 2.05) is 0 Å². The maximum Gasteiger partial charge on any atom is 0.0459 e. The molecule has 2 nitrogen and oxygen atoms in total. The van der Waals surface area contributed by atoms with E-state index < -0.39 is 0 Å². The average molecular weight is 258 g/mol. The summed E-state index contributed by atoms with van der Waals surface area (Å²) < 4.78 is 0. The van der Waals surface area contributed by atoms with Gasteiger partial charge in [0.15, 0.2) is 0 Å². The first-order valence-corrected chi connectivity index (χ1v) is 8.06. The third-order valence-electron chi connectivity index (χ3n) is 3.74. The van der Waals surface area contributed by atoms with Crippen molar-refractivity contribution in [3.05, 3.63) is 0 Å². The van der Waals surface area contributed by atoms with E-state index in [9.17, 15) is 5.11 Å². The van der Waals surface area contributed by atoms with Crippen LogP contribution in [0, 0.1) is 5.92 Å². The lowest BCUT2D eigenvalue weighted by atomic mass is 9.95. The molecule has 0 aromatic carbocycles. The molecule has 0 bridgehead atoms. The van der Waals surface area contributed by atoms with Crippen molar-refractivity contribution < 1.29 is 10.2 Å². The van der Waals surface area contributed by atoms with Crippen molar-refractivity contribution in [3.63, 3.8) is 0 Å². The van der Waals surface area contributed by atoms with E-state index in [0.717, 1.165) is 12.8 Å². The molecule has 2 heteroatoms. The summed E-state index contributed by atoms with van der Waals surface area (Å²) in [6.07, 6.45) is 14.9. The van der Waals surface area contributed by atoms with Crippen LogP contribution in [0.2, 0.25) is 0 Å². The van der Waals surface area contributed by atoms with Crippen LogP contribution in [-0.2, 0) is 0 Å². The first kappa shape index (κ1) is 17.9. The SMILES string of the molecule is CCCCCCC(CO)CCCCCCCCO. The molecule has 0 fully saturated rings. The lowest BCUT2D eigenvalue weighted by molar-refractivity contribution is 0.204. The fourth-order valence-electron chi connectivity index (χ4n) is 2.44. The first-order valence-electron chi connectivity index (χ1n) is 8.06. The molecule has 2 N–H and O–H groups in total. The highest BCUT2D eigenvalue weighted by molar-refractivity contribution is 4.59. The van der Waals surface area contributed by atoms with Crippen LogP contribution in [0.5, 0.6) is 0 Å². The lowest BCUT2D eigenvalue weighted by Crippen LogP contribution is -2.06. The van der Waals surface area contributed by atoms with E-state index in [1.165, 1.54) is 64.2 Å². The number of aliphatic hydroxyl groups excluding tert-OH is 2. The molecule has 18 heavy (non-hydrogen) atoms. The minimum Gasteiger partial charge on any atom is -0.396 e. The second-order valence-corrected chi connectivity index (χ2v) is 5.53. The van der Waals surface area contributed by atoms with Crippen LogP contribution in [0.25, 0.3) is 0 Å². The van der Waals surface area contributed by atoms with Gasteiger partial charge < -0.3 is 10.2 Å². The maximum atomic E-state index is 9.33. The van der Waals surface area contributed by atoms with Gasteiger partial charge in [-0.15, -0.1) is 0 Å². The van der Waals surface area contributed by atoms with Crippen molar-refractivity contribution in [2.24, 2.45) is 5.92 Å². The minimum absolute atomic E-state index is 0.338. The van der Waals surface area contributed by atoms with Gasteiger partial charge in [-0.1, -0.05) is 64.7 Å². The van der Waals surface area contributed by atoms with Gasteiger partial charge in [-0.05, 0) is 25.2 Å². The lowest BCUT2D eigenvalue weighted by Gasteiger charge is -2.13. The van der Waals surface area contributed by atoms with Crippen LogP contribution in [0.15, 0.2) is 0 Å². The van der Waals surface area contributed by atoms with Gasteiger partial charge >= 0.3 is 0 Å². The highest BCUT2D eigenvalue weighted by atomic mass is 16.3. The Labute approximate surface area is 114 Å². The topological polar surface area (TPSA) is 40.5 Å². The summed E-state index contributed by atoms with van der Waals surface area (Å²) in [6.45, 7) is 2.95. The highest BCUT2D eigenvalue weighted by Crippen LogP contribution is 2.18. The molecule has 0 aliphatic rings. The largest absolute Gasteiger partial charge is 0.396 e. The Balaban J connectivity index is 3.27. The molecule has 0 heterocycles. The van der Waals surface area contributed by atoms with Gasteiger partial charge in [0.2, 0.25) is 0 Å². The van der Waals surface area contributed by atoms with E-state index in [0.29, 0.717) is 19.1 Å². The van der Waals surface area contributed by atoms with Gasteiger partial charge in [-0.25, -0.2) is 0 Å². The van der Waals surface area contributed by atoms with Crippen LogP contribution in [0.1, 0.15) is 84.0 Å². The molecule has 1 unspecified atom stereocenters. The summed E-state index contributed by atoms with van der Waals surface area (Å²) in [6, 6.07) is 0. The molecule has 0 aromatic rings. The predicted molar refractivity (Wildman–Crippen MR) is 78.7 cm³/mol. The van der Waals surface area contributed by atoms with Crippen molar-refractivity contribution in [1.82, 2.24) is 0 Å². The van der Waals surface area contributed by atoms with Gasteiger partial charge in [-0.3, -0.25) is 0 Å². The van der Waals surface area contributed by atoms with Crippen molar-refractivity contribution in [2.45, 2.75) is 84.0 Å². The Kier molecular flexibility index (Phi) is 14.9. The quantitative estimate of drug-likeness (QED) is 0.456. The molecule has 0 aliphatic heterocycles. The zero-order valence-electron chi connectivity index (χ0n) is 12.4. The molecule has 110 valence electrons. The fraction of sp³-hybridized carbons (Fsp3) is 1.00. The number of aliphatic hydroxyl groups is 2. The first-order chi connectivity index (χ1) is 8.85. The third-order valence-corrected chi connectivity index (χ3v) is 3.74. The smallest absolute Gasteiger partial charge is 0.0459 e. The summed E-state index contributed by atoms with van der Waals surface area (Å²) in [4.78, 5) is 0. The van der Waals surface area contributed by atoms with E-state index in [4.69, 9.17) is 5.11 Å². The molecule has 0 rings (SSSR count). The van der Waals surface area contributed by atoms with E-state index in [1.54, 1.807) is 0 Å². The Bertz CT molecular complexity index is 148. The van der Waals surface area contributed by atoms with E-state index in [-0.39, 0.29) is 0 Å². The highest BCUT2D eigenvalue weighted by Gasteiger charge is 2.06. The van der Waals surface area contributed by atoms with Crippen molar-refractivity contribution in [2.75, 3.05) is 13.2 Å². The van der Waals surface area contributed by atoms with Crippen molar-refractivity contribution in [1.29, 1.82) is 0 Å². The summed E-state index contributed by atoms with van der Waals surface area (Å²) in [7, 11) is 0. The Morgan fingerprint density at radius 3 is 1.67 bits per heavy atom. The summed E-state index contributed by atoms with van der Waals surface area (Å²) in [5.74, 6) is 0.541. The van der Waals surface area contributed by atoms with Gasteiger partial charge in [0, 0.05) is 13.2 Å². The van der Waals surface area contributed by atoms with Gasteiger partial charge in [0.25, 0.3) is 0 Å². The molecule has 0 amide bonds. The van der Waals surface area contributed by atoms with Crippen LogP contribution >= 0.6 is 0 Å². The summed E-state index contributed by atoms with van der Waals surface area (Å²) in [5.41, 5.74) is 0. The van der Waals surface area contributed by atoms with Gasteiger partial charge in [-0.2, -0.15) is 0 Å². The van der Waals surface area contributed by atoms with Crippen molar-refractivity contribution >= 4 is 0 Å². The molecular formula is C16H34O2. The Morgan fingerprint density at radius 2 is 1.17 bits per heavy atom. The molecule has 1 atom stereocenters. The van der Waals surface area contributed by atoms with Gasteiger partial charge in [0.05, 0.1) is 0 Å². The minimum atomic E-state index is 0.338. The molecule has 0 radical (unpaired) electrons. The second kappa shape index (κ2) is 15.0. The third kappa shape index (κ3) is 12.4. The average Bonchev–Trinajstić information content (AvgIpc) is 2.40. The fourth-order valence-corrected chi connectivity index (χ4v) is 2.44. The van der Waals surface area contributed by atoms with Crippen LogP contribution < -0.4 is 0 Å². The van der Waals surface area contributed by atoms with Crippen molar-refractivity contribution in [3.8, 4) is 0 Å². The zero-order chi connectivity index (χ0) is 13.5. The number of hydrogen-bond acceptors (Lipinski definition) is 2. The standard InChI is InChI=1S/C16H34O2/c1-2-3-4-9-12-16(15-18)13-10-7-5-6-8-11-14-17/h16-18H,2-15H2,1H3. The predicted octanol–water partition coefficient (Wildman–Crippen LogP) is 4.29. The van der Waals surface area contributed by atoms with Crippen LogP contribution in [0.4, 0.5) is 0 Å². The molecule has 0 aliphatic carbocycles. The van der Waals surface area contributed by atoms with Crippen LogP contribution in [-0.4, -0.2) is 23.4 Å². The van der Waals surface area contributed by atoms with E-state index in [2.05, 4.69) is 6.92 Å². The molecule has 0 spiro atoms. The van der Waals surface area contributed by atoms with E-state index >= 15 is 0 Å². The van der Waals surface area contributed by atoms with Crippen LogP contribution in [0.3, 0.4) is 0 Å². The molecule has 0 saturated carbocycles. The Morgan fingerprint density at radius 1 is 0.667 bits per heavy atom. The molecular weight excluding hydrogens is 224 g/mol. The monoisotopic (exact) mass is 258 g/mol. The molecule has 0 aromatic heterocycles. The summed E-state index contributed by atoms with van der Waals surface area (Å²) >= 11 is 0.